The monoisotopic (exact) mass is 269 g/mol. The minimum Gasteiger partial charge on any atom is -0.344 e. The first-order chi connectivity index (χ1) is 8.57. The minimum absolute atomic E-state index is 0.0772. The van der Waals surface area contributed by atoms with Crippen LogP contribution in [-0.4, -0.2) is 25.0 Å². The summed E-state index contributed by atoms with van der Waals surface area (Å²) in [5, 5.41) is 2.80. The van der Waals surface area contributed by atoms with Gasteiger partial charge >= 0.3 is 0 Å². The number of aryl methyl sites for hydroxylation is 1. The molecule has 98 valence electrons. The maximum Gasteiger partial charge on any atom is 0.239 e. The Labute approximate surface area is 111 Å². The molecule has 18 heavy (non-hydrogen) atoms. The van der Waals surface area contributed by atoms with Crippen molar-refractivity contribution >= 4 is 23.2 Å². The molecule has 1 N–H and O–H groups in total. The van der Waals surface area contributed by atoms with E-state index < -0.39 is 5.79 Å². The number of hydrogen-bond acceptors (Lipinski definition) is 3. The fourth-order valence-electron chi connectivity index (χ4n) is 2.05. The zero-order chi connectivity index (χ0) is 13.2. The zero-order valence-corrected chi connectivity index (χ0v) is 11.2. The van der Waals surface area contributed by atoms with Crippen LogP contribution in [0.2, 0.25) is 0 Å². The molecule has 1 heterocycles. The fraction of sp³-hybridized carbons (Fsp3) is 0.462. The fourth-order valence-corrected chi connectivity index (χ4v) is 2.12. The highest BCUT2D eigenvalue weighted by Crippen LogP contribution is 2.37. The summed E-state index contributed by atoms with van der Waals surface area (Å²) in [6, 6.07) is 5.73. The highest BCUT2D eigenvalue weighted by molar-refractivity contribution is 6.29. The van der Waals surface area contributed by atoms with E-state index in [4.69, 9.17) is 21.1 Å². The average Bonchev–Trinajstić information content (AvgIpc) is 2.79. The van der Waals surface area contributed by atoms with E-state index in [0.717, 1.165) is 11.1 Å². The molecule has 0 bridgehead atoms. The van der Waals surface area contributed by atoms with Crippen molar-refractivity contribution < 1.29 is 14.3 Å². The summed E-state index contributed by atoms with van der Waals surface area (Å²) in [5.74, 6) is -1.12. The van der Waals surface area contributed by atoms with Gasteiger partial charge in [-0.2, -0.15) is 0 Å². The molecular weight excluding hydrogens is 254 g/mol. The van der Waals surface area contributed by atoms with Crippen molar-refractivity contribution in [2.75, 3.05) is 24.4 Å². The van der Waals surface area contributed by atoms with Crippen molar-refractivity contribution in [1.82, 2.24) is 0 Å². The van der Waals surface area contributed by atoms with E-state index in [1.807, 2.05) is 32.0 Å². The number of hydrogen-bond donors (Lipinski definition) is 1. The average molecular weight is 270 g/mol. The lowest BCUT2D eigenvalue weighted by molar-refractivity contribution is -0.149. The summed E-state index contributed by atoms with van der Waals surface area (Å²) in [4.78, 5) is 11.5. The van der Waals surface area contributed by atoms with Crippen LogP contribution in [0.15, 0.2) is 18.2 Å². The van der Waals surface area contributed by atoms with Crippen LogP contribution < -0.4 is 5.32 Å². The number of carbonyl (C=O) groups is 1. The van der Waals surface area contributed by atoms with E-state index in [9.17, 15) is 4.79 Å². The Morgan fingerprint density at radius 1 is 1.44 bits per heavy atom. The molecule has 2 rings (SSSR count). The second-order valence-electron chi connectivity index (χ2n) is 4.32. The molecule has 4 nitrogen and oxygen atoms in total. The second-order valence-corrected chi connectivity index (χ2v) is 4.59. The number of nitrogens with one attached hydrogen (secondary N) is 1. The number of ether oxygens (including phenoxy) is 2. The predicted molar refractivity (Wildman–Crippen MR) is 69.8 cm³/mol. The van der Waals surface area contributed by atoms with Crippen LogP contribution in [0.4, 0.5) is 5.69 Å². The van der Waals surface area contributed by atoms with E-state index in [-0.39, 0.29) is 11.8 Å². The molecule has 1 fully saturated rings. The molecule has 1 aliphatic heterocycles. The first kappa shape index (κ1) is 13.3. The molecule has 0 atom stereocenters. The van der Waals surface area contributed by atoms with Gasteiger partial charge in [-0.15, -0.1) is 11.6 Å². The second kappa shape index (κ2) is 5.26. The lowest BCUT2D eigenvalue weighted by Crippen LogP contribution is -2.26. The van der Waals surface area contributed by atoms with Crippen molar-refractivity contribution in [2.45, 2.75) is 19.6 Å². The standard InChI is InChI=1S/C13H16ClNO3/c1-9-4-3-5-10(12(9)15-11(16)8-14)13(2)17-6-7-18-13/h3-5H,6-8H2,1-2H3,(H,15,16). The zero-order valence-electron chi connectivity index (χ0n) is 10.5. The molecule has 1 saturated heterocycles. The van der Waals surface area contributed by atoms with Gasteiger partial charge in [0.05, 0.1) is 18.9 Å². The Morgan fingerprint density at radius 2 is 2.11 bits per heavy atom. The highest BCUT2D eigenvalue weighted by atomic mass is 35.5. The van der Waals surface area contributed by atoms with Crippen molar-refractivity contribution in [1.29, 1.82) is 0 Å². The van der Waals surface area contributed by atoms with Gasteiger partial charge in [-0.05, 0) is 19.4 Å². The molecule has 1 amide bonds. The van der Waals surface area contributed by atoms with Gasteiger partial charge in [-0.25, -0.2) is 0 Å². The molecule has 0 radical (unpaired) electrons. The van der Waals surface area contributed by atoms with Crippen LogP contribution in [-0.2, 0) is 20.1 Å². The topological polar surface area (TPSA) is 47.6 Å². The van der Waals surface area contributed by atoms with E-state index in [1.54, 1.807) is 0 Å². The molecular formula is C13H16ClNO3. The van der Waals surface area contributed by atoms with Gasteiger partial charge in [0.1, 0.15) is 5.88 Å². The third-order valence-corrected chi connectivity index (χ3v) is 3.23. The lowest BCUT2D eigenvalue weighted by atomic mass is 10.0. The Bertz CT molecular complexity index is 456. The first-order valence-electron chi connectivity index (χ1n) is 5.80. The van der Waals surface area contributed by atoms with E-state index >= 15 is 0 Å². The molecule has 1 aromatic rings. The van der Waals surface area contributed by atoms with Crippen LogP contribution in [0, 0.1) is 6.92 Å². The summed E-state index contributed by atoms with van der Waals surface area (Å²) < 4.78 is 11.3. The van der Waals surface area contributed by atoms with Crippen LogP contribution in [0.1, 0.15) is 18.1 Å². The molecule has 0 aliphatic carbocycles. The number of amides is 1. The number of carbonyl (C=O) groups excluding carboxylic acids is 1. The number of halogens is 1. The van der Waals surface area contributed by atoms with Crippen molar-refractivity contribution in [3.05, 3.63) is 29.3 Å². The SMILES string of the molecule is Cc1cccc(C2(C)OCCO2)c1NC(=O)CCl. The summed E-state index contributed by atoms with van der Waals surface area (Å²) in [6.07, 6.45) is 0. The third-order valence-electron chi connectivity index (χ3n) is 2.99. The Hall–Kier alpha value is -1.10. The van der Waals surface area contributed by atoms with Gasteiger partial charge in [0, 0.05) is 5.56 Å². The number of benzene rings is 1. The van der Waals surface area contributed by atoms with Crippen LogP contribution in [0.25, 0.3) is 0 Å². The van der Waals surface area contributed by atoms with Crippen molar-refractivity contribution in [3.63, 3.8) is 0 Å². The Balaban J connectivity index is 2.40. The van der Waals surface area contributed by atoms with Crippen LogP contribution in [0.5, 0.6) is 0 Å². The van der Waals surface area contributed by atoms with Crippen LogP contribution in [0.3, 0.4) is 0 Å². The van der Waals surface area contributed by atoms with Gasteiger partial charge in [-0.1, -0.05) is 18.2 Å². The van der Waals surface area contributed by atoms with Gasteiger partial charge in [0.2, 0.25) is 5.91 Å². The number of anilines is 1. The summed E-state index contributed by atoms with van der Waals surface area (Å²) in [5.41, 5.74) is 2.48. The molecule has 0 saturated carbocycles. The smallest absolute Gasteiger partial charge is 0.239 e. The molecule has 5 heteroatoms. The van der Waals surface area contributed by atoms with Gasteiger partial charge in [0.25, 0.3) is 0 Å². The van der Waals surface area contributed by atoms with E-state index in [2.05, 4.69) is 5.32 Å². The summed E-state index contributed by atoms with van der Waals surface area (Å²) in [6.45, 7) is 4.87. The van der Waals surface area contributed by atoms with E-state index in [0.29, 0.717) is 18.9 Å². The Morgan fingerprint density at radius 3 is 2.72 bits per heavy atom. The van der Waals surface area contributed by atoms with Gasteiger partial charge < -0.3 is 14.8 Å². The normalized spacial score (nSPS) is 17.7. The highest BCUT2D eigenvalue weighted by Gasteiger charge is 2.35. The number of para-hydroxylation sites is 1. The van der Waals surface area contributed by atoms with Gasteiger partial charge in [-0.3, -0.25) is 4.79 Å². The number of rotatable bonds is 3. The predicted octanol–water partition coefficient (Wildman–Crippen LogP) is 2.39. The maximum absolute atomic E-state index is 11.5. The molecule has 1 aromatic carbocycles. The third kappa shape index (κ3) is 2.51. The molecule has 1 aliphatic rings. The maximum atomic E-state index is 11.5. The summed E-state index contributed by atoms with van der Waals surface area (Å²) >= 11 is 5.53. The van der Waals surface area contributed by atoms with Crippen molar-refractivity contribution in [2.24, 2.45) is 0 Å². The number of alkyl halides is 1. The lowest BCUT2D eigenvalue weighted by Gasteiger charge is -2.26. The Kier molecular flexibility index (Phi) is 3.90. The van der Waals surface area contributed by atoms with Gasteiger partial charge in [0.15, 0.2) is 5.79 Å². The van der Waals surface area contributed by atoms with Crippen LogP contribution >= 0.6 is 11.6 Å². The summed E-state index contributed by atoms with van der Waals surface area (Å²) in [7, 11) is 0. The first-order valence-corrected chi connectivity index (χ1v) is 6.34. The quantitative estimate of drug-likeness (QED) is 0.857. The molecule has 0 spiro atoms. The van der Waals surface area contributed by atoms with E-state index in [1.165, 1.54) is 0 Å². The molecule has 0 unspecified atom stereocenters. The minimum atomic E-state index is -0.805. The molecule has 0 aromatic heterocycles. The largest absolute Gasteiger partial charge is 0.344 e. The van der Waals surface area contributed by atoms with Crippen molar-refractivity contribution in [3.8, 4) is 0 Å².